The van der Waals surface area contributed by atoms with Gasteiger partial charge in [-0.05, 0) is 28.8 Å². The van der Waals surface area contributed by atoms with E-state index in [9.17, 15) is 20.0 Å². The Hall–Kier alpha value is -2.18. The monoisotopic (exact) mass is 293 g/mol. The SMILES string of the molecule is CN(c1ccc([N+](=O)[O-])nc1)C1(CC(=O)O)CCCCC1. The molecule has 0 spiro atoms. The average Bonchev–Trinajstić information content (AvgIpc) is 2.47. The van der Waals surface area contributed by atoms with Crippen molar-refractivity contribution < 1.29 is 14.8 Å². The molecule has 0 amide bonds. The average molecular weight is 293 g/mol. The van der Waals surface area contributed by atoms with Crippen molar-refractivity contribution in [3.05, 3.63) is 28.4 Å². The molecular weight excluding hydrogens is 274 g/mol. The van der Waals surface area contributed by atoms with Crippen molar-refractivity contribution in [2.45, 2.75) is 44.1 Å². The van der Waals surface area contributed by atoms with Crippen LogP contribution in [-0.2, 0) is 4.79 Å². The molecule has 1 aromatic heterocycles. The molecule has 114 valence electrons. The molecular formula is C14H19N3O4. The Morgan fingerprint density at radius 3 is 2.57 bits per heavy atom. The lowest BCUT2D eigenvalue weighted by Crippen LogP contribution is -2.49. The van der Waals surface area contributed by atoms with Crippen molar-refractivity contribution in [3.8, 4) is 0 Å². The van der Waals surface area contributed by atoms with Gasteiger partial charge in [0.1, 0.15) is 0 Å². The number of carbonyl (C=O) groups is 1. The van der Waals surface area contributed by atoms with E-state index in [1.165, 1.54) is 12.3 Å². The van der Waals surface area contributed by atoms with E-state index in [-0.39, 0.29) is 12.2 Å². The number of nitrogens with zero attached hydrogens (tertiary/aromatic N) is 3. The van der Waals surface area contributed by atoms with Crippen LogP contribution < -0.4 is 4.90 Å². The van der Waals surface area contributed by atoms with Gasteiger partial charge >= 0.3 is 11.8 Å². The highest BCUT2D eigenvalue weighted by atomic mass is 16.6. The third kappa shape index (κ3) is 3.29. The molecule has 1 aliphatic rings. The van der Waals surface area contributed by atoms with Crippen molar-refractivity contribution in [1.82, 2.24) is 4.98 Å². The Labute approximate surface area is 122 Å². The highest BCUT2D eigenvalue weighted by Crippen LogP contribution is 2.38. The molecule has 0 atom stereocenters. The summed E-state index contributed by atoms with van der Waals surface area (Å²) in [5.41, 5.74) is 0.283. The molecule has 1 aliphatic carbocycles. The minimum Gasteiger partial charge on any atom is -0.481 e. The van der Waals surface area contributed by atoms with Crippen LogP contribution in [0.15, 0.2) is 18.3 Å². The summed E-state index contributed by atoms with van der Waals surface area (Å²) in [6, 6.07) is 2.98. The zero-order chi connectivity index (χ0) is 15.5. The number of pyridine rings is 1. The summed E-state index contributed by atoms with van der Waals surface area (Å²) in [5.74, 6) is -1.03. The summed E-state index contributed by atoms with van der Waals surface area (Å²) < 4.78 is 0. The maximum absolute atomic E-state index is 11.2. The van der Waals surface area contributed by atoms with Crippen molar-refractivity contribution in [2.75, 3.05) is 11.9 Å². The zero-order valence-electron chi connectivity index (χ0n) is 12.0. The standard InChI is InChI=1S/C14H19N3O4/c1-16(11-5-6-12(15-10-11)17(20)21)14(9-13(18)19)7-3-2-4-8-14/h5-6,10H,2-4,7-9H2,1H3,(H,18,19). The van der Waals surface area contributed by atoms with E-state index in [4.69, 9.17) is 0 Å². The molecule has 0 radical (unpaired) electrons. The van der Waals surface area contributed by atoms with Gasteiger partial charge in [-0.15, -0.1) is 0 Å². The van der Waals surface area contributed by atoms with E-state index in [1.807, 2.05) is 11.9 Å². The molecule has 7 nitrogen and oxygen atoms in total. The topological polar surface area (TPSA) is 96.6 Å². The quantitative estimate of drug-likeness (QED) is 0.662. The van der Waals surface area contributed by atoms with Crippen LogP contribution in [0.2, 0.25) is 0 Å². The Kier molecular flexibility index (Phi) is 4.40. The van der Waals surface area contributed by atoms with E-state index in [1.54, 1.807) is 6.07 Å². The summed E-state index contributed by atoms with van der Waals surface area (Å²) in [5, 5.41) is 19.9. The predicted octanol–water partition coefficient (Wildman–Crippen LogP) is 2.60. The molecule has 2 rings (SSSR count). The summed E-state index contributed by atoms with van der Waals surface area (Å²) in [7, 11) is 1.84. The van der Waals surface area contributed by atoms with Gasteiger partial charge in [0.05, 0.1) is 17.6 Å². The number of hydrogen-bond donors (Lipinski definition) is 1. The number of aliphatic carboxylic acids is 1. The van der Waals surface area contributed by atoms with Crippen LogP contribution in [0.3, 0.4) is 0 Å². The third-order valence-electron chi connectivity index (χ3n) is 4.28. The van der Waals surface area contributed by atoms with Gasteiger partial charge < -0.3 is 20.1 Å². The first-order chi connectivity index (χ1) is 9.94. The van der Waals surface area contributed by atoms with Crippen molar-refractivity contribution >= 4 is 17.5 Å². The number of carboxylic acid groups (broad SMARTS) is 1. The van der Waals surface area contributed by atoms with Crippen molar-refractivity contribution in [1.29, 1.82) is 0 Å². The molecule has 7 heteroatoms. The molecule has 0 aliphatic heterocycles. The largest absolute Gasteiger partial charge is 0.481 e. The smallest absolute Gasteiger partial charge is 0.363 e. The second kappa shape index (κ2) is 6.07. The lowest BCUT2D eigenvalue weighted by atomic mass is 9.78. The maximum Gasteiger partial charge on any atom is 0.363 e. The second-order valence-electron chi connectivity index (χ2n) is 5.55. The maximum atomic E-state index is 11.2. The van der Waals surface area contributed by atoms with Crippen LogP contribution in [0, 0.1) is 10.1 Å². The molecule has 0 bridgehead atoms. The summed E-state index contributed by atoms with van der Waals surface area (Å²) >= 11 is 0. The van der Waals surface area contributed by atoms with Gasteiger partial charge in [-0.2, -0.15) is 0 Å². The Bertz CT molecular complexity index is 524. The third-order valence-corrected chi connectivity index (χ3v) is 4.28. The van der Waals surface area contributed by atoms with Crippen LogP contribution in [0.25, 0.3) is 0 Å². The second-order valence-corrected chi connectivity index (χ2v) is 5.55. The molecule has 1 heterocycles. The number of hydrogen-bond acceptors (Lipinski definition) is 5. The van der Waals surface area contributed by atoms with Crippen LogP contribution >= 0.6 is 0 Å². The molecule has 0 saturated heterocycles. The van der Waals surface area contributed by atoms with Gasteiger partial charge in [0, 0.05) is 13.1 Å². The normalized spacial score (nSPS) is 17.2. The Balaban J connectivity index is 2.26. The number of rotatable bonds is 5. The number of carboxylic acids is 1. The Morgan fingerprint density at radius 2 is 2.10 bits per heavy atom. The number of nitro groups is 1. The van der Waals surface area contributed by atoms with E-state index in [2.05, 4.69) is 4.98 Å². The molecule has 0 unspecified atom stereocenters. The zero-order valence-corrected chi connectivity index (χ0v) is 12.0. The van der Waals surface area contributed by atoms with E-state index < -0.39 is 16.4 Å². The van der Waals surface area contributed by atoms with Gasteiger partial charge in [-0.25, -0.2) is 0 Å². The molecule has 1 N–H and O–H groups in total. The van der Waals surface area contributed by atoms with Crippen molar-refractivity contribution in [3.63, 3.8) is 0 Å². The lowest BCUT2D eigenvalue weighted by Gasteiger charge is -2.44. The molecule has 1 fully saturated rings. The summed E-state index contributed by atoms with van der Waals surface area (Å²) in [4.78, 5) is 27.1. The van der Waals surface area contributed by atoms with Crippen LogP contribution in [0.4, 0.5) is 11.5 Å². The van der Waals surface area contributed by atoms with Gasteiger partial charge in [-0.3, -0.25) is 4.79 Å². The van der Waals surface area contributed by atoms with Crippen LogP contribution in [0.1, 0.15) is 38.5 Å². The van der Waals surface area contributed by atoms with Crippen LogP contribution in [-0.4, -0.2) is 33.6 Å². The van der Waals surface area contributed by atoms with E-state index in [0.29, 0.717) is 5.69 Å². The van der Waals surface area contributed by atoms with Gasteiger partial charge in [0.15, 0.2) is 6.20 Å². The fraction of sp³-hybridized carbons (Fsp3) is 0.571. The molecule has 1 aromatic rings. The fourth-order valence-corrected chi connectivity index (χ4v) is 3.08. The fourth-order valence-electron chi connectivity index (χ4n) is 3.08. The van der Waals surface area contributed by atoms with E-state index >= 15 is 0 Å². The predicted molar refractivity (Wildman–Crippen MR) is 77.4 cm³/mol. The van der Waals surface area contributed by atoms with Crippen molar-refractivity contribution in [2.24, 2.45) is 0 Å². The highest BCUT2D eigenvalue weighted by molar-refractivity contribution is 5.70. The summed E-state index contributed by atoms with van der Waals surface area (Å²) in [6.07, 6.45) is 6.25. The molecule has 0 aromatic carbocycles. The molecule has 21 heavy (non-hydrogen) atoms. The minimum absolute atomic E-state index is 0.0699. The summed E-state index contributed by atoms with van der Waals surface area (Å²) in [6.45, 7) is 0. The van der Waals surface area contributed by atoms with Gasteiger partial charge in [-0.1, -0.05) is 19.3 Å². The van der Waals surface area contributed by atoms with Gasteiger partial charge in [0.2, 0.25) is 0 Å². The Morgan fingerprint density at radius 1 is 1.43 bits per heavy atom. The van der Waals surface area contributed by atoms with E-state index in [0.717, 1.165) is 32.1 Å². The number of anilines is 1. The van der Waals surface area contributed by atoms with Gasteiger partial charge in [0.25, 0.3) is 0 Å². The number of aromatic nitrogens is 1. The van der Waals surface area contributed by atoms with Crippen LogP contribution in [0.5, 0.6) is 0 Å². The lowest BCUT2D eigenvalue weighted by molar-refractivity contribution is -0.389. The first kappa shape index (κ1) is 15.2. The highest BCUT2D eigenvalue weighted by Gasteiger charge is 2.38. The molecule has 1 saturated carbocycles. The minimum atomic E-state index is -0.821. The first-order valence-corrected chi connectivity index (χ1v) is 7.01. The first-order valence-electron chi connectivity index (χ1n) is 7.01.